The molecule has 2 heterocycles. The van der Waals surface area contributed by atoms with E-state index in [4.69, 9.17) is 4.74 Å². The fraction of sp³-hybridized carbons (Fsp3) is 0.250. The maximum atomic E-state index is 5.04. The first-order valence-corrected chi connectivity index (χ1v) is 3.63. The molecule has 0 spiro atoms. The maximum Gasteiger partial charge on any atom is 0.139 e. The third-order valence-electron chi connectivity index (χ3n) is 1.81. The molecule has 2 aromatic heterocycles. The number of methoxy groups -OCH3 is 1. The van der Waals surface area contributed by atoms with Crippen LogP contribution in [0.5, 0.6) is 5.75 Å². The van der Waals surface area contributed by atoms with E-state index < -0.39 is 0 Å². The van der Waals surface area contributed by atoms with Crippen LogP contribution in [-0.4, -0.2) is 21.9 Å². The van der Waals surface area contributed by atoms with Crippen LogP contribution in [0.15, 0.2) is 18.5 Å². The van der Waals surface area contributed by atoms with E-state index in [-0.39, 0.29) is 0 Å². The summed E-state index contributed by atoms with van der Waals surface area (Å²) in [5, 5.41) is 4.07. The number of hydrogen-bond acceptors (Lipinski definition) is 3. The summed E-state index contributed by atoms with van der Waals surface area (Å²) in [7, 11) is 3.50. The zero-order chi connectivity index (χ0) is 8.55. The fourth-order valence-electron chi connectivity index (χ4n) is 1.12. The van der Waals surface area contributed by atoms with Crippen LogP contribution < -0.4 is 4.74 Å². The van der Waals surface area contributed by atoms with Crippen LogP contribution in [0.4, 0.5) is 0 Å². The summed E-state index contributed by atoms with van der Waals surface area (Å²) in [5.74, 6) is 0.756. The smallest absolute Gasteiger partial charge is 0.139 e. The van der Waals surface area contributed by atoms with Crippen LogP contribution in [0, 0.1) is 0 Å². The van der Waals surface area contributed by atoms with Crippen LogP contribution in [0.1, 0.15) is 0 Å². The molecule has 0 atom stereocenters. The molecule has 0 aliphatic heterocycles. The molecule has 0 amide bonds. The lowest BCUT2D eigenvalue weighted by atomic mass is 10.4. The summed E-state index contributed by atoms with van der Waals surface area (Å²) in [5.41, 5.74) is 1.87. The van der Waals surface area contributed by atoms with Crippen LogP contribution in [0.25, 0.3) is 11.0 Å². The zero-order valence-electron chi connectivity index (χ0n) is 6.98. The Morgan fingerprint density at radius 1 is 1.42 bits per heavy atom. The molecule has 0 aliphatic carbocycles. The minimum absolute atomic E-state index is 0.756. The van der Waals surface area contributed by atoms with Gasteiger partial charge in [-0.3, -0.25) is 4.68 Å². The third-order valence-corrected chi connectivity index (χ3v) is 1.81. The Bertz CT molecular complexity index is 408. The van der Waals surface area contributed by atoms with E-state index in [0.717, 1.165) is 16.8 Å². The number of aromatic nitrogens is 3. The van der Waals surface area contributed by atoms with Crippen LogP contribution in [0.2, 0.25) is 0 Å². The molecular formula is C8H9N3O. The van der Waals surface area contributed by atoms with Gasteiger partial charge in [0, 0.05) is 13.1 Å². The molecule has 4 heteroatoms. The largest absolute Gasteiger partial charge is 0.495 e. The van der Waals surface area contributed by atoms with Crippen LogP contribution in [0.3, 0.4) is 0 Å². The van der Waals surface area contributed by atoms with E-state index in [1.54, 1.807) is 24.2 Å². The van der Waals surface area contributed by atoms with Gasteiger partial charge in [-0.2, -0.15) is 5.10 Å². The van der Waals surface area contributed by atoms with Gasteiger partial charge in [0.05, 0.1) is 25.0 Å². The van der Waals surface area contributed by atoms with Crippen molar-refractivity contribution >= 4 is 11.0 Å². The summed E-state index contributed by atoms with van der Waals surface area (Å²) in [4.78, 5) is 4.16. The highest BCUT2D eigenvalue weighted by atomic mass is 16.5. The first kappa shape index (κ1) is 7.09. The Morgan fingerprint density at radius 2 is 2.25 bits per heavy atom. The van der Waals surface area contributed by atoms with E-state index in [1.807, 2.05) is 13.1 Å². The second-order valence-corrected chi connectivity index (χ2v) is 2.55. The highest BCUT2D eigenvalue weighted by Gasteiger charge is 2.01. The molecule has 0 bridgehead atoms. The molecule has 2 aromatic rings. The molecule has 2 rings (SSSR count). The number of fused-ring (bicyclic) bond motifs is 1. The standard InChI is InChI=1S/C8H9N3O/c1-11-8-3-6(12-2)4-9-7(8)5-10-11/h3-5H,1-2H3. The summed E-state index contributed by atoms with van der Waals surface area (Å²) >= 11 is 0. The first-order valence-electron chi connectivity index (χ1n) is 3.63. The van der Waals surface area contributed by atoms with Crippen molar-refractivity contribution in [3.8, 4) is 5.75 Å². The first-order chi connectivity index (χ1) is 5.81. The second-order valence-electron chi connectivity index (χ2n) is 2.55. The molecule has 0 radical (unpaired) electrons. The van der Waals surface area contributed by atoms with E-state index >= 15 is 0 Å². The molecular weight excluding hydrogens is 154 g/mol. The number of rotatable bonds is 1. The number of pyridine rings is 1. The molecule has 0 N–H and O–H groups in total. The number of hydrogen-bond donors (Lipinski definition) is 0. The summed E-state index contributed by atoms with van der Waals surface area (Å²) in [6.07, 6.45) is 3.42. The molecule has 0 saturated heterocycles. The SMILES string of the molecule is COc1cnc2cnn(C)c2c1. The fourth-order valence-corrected chi connectivity index (χ4v) is 1.12. The van der Waals surface area contributed by atoms with Crippen molar-refractivity contribution in [1.29, 1.82) is 0 Å². The predicted octanol–water partition coefficient (Wildman–Crippen LogP) is 0.977. The predicted molar refractivity (Wildman–Crippen MR) is 45.1 cm³/mol. The normalized spacial score (nSPS) is 10.5. The Labute approximate surface area is 69.8 Å². The average Bonchev–Trinajstić information content (AvgIpc) is 2.47. The molecule has 0 aliphatic rings. The van der Waals surface area contributed by atoms with E-state index in [9.17, 15) is 0 Å². The lowest BCUT2D eigenvalue weighted by Gasteiger charge is -1.98. The third kappa shape index (κ3) is 0.922. The average molecular weight is 163 g/mol. The Balaban J connectivity index is 2.71. The Morgan fingerprint density at radius 3 is 3.00 bits per heavy atom. The van der Waals surface area contributed by atoms with E-state index in [0.29, 0.717) is 0 Å². The summed E-state index contributed by atoms with van der Waals surface area (Å²) in [6, 6.07) is 1.91. The van der Waals surface area contributed by atoms with Gasteiger partial charge in [0.25, 0.3) is 0 Å². The van der Waals surface area contributed by atoms with Crippen molar-refractivity contribution in [3.05, 3.63) is 18.5 Å². The molecule has 4 nitrogen and oxygen atoms in total. The van der Waals surface area contributed by atoms with Crippen LogP contribution in [-0.2, 0) is 7.05 Å². The molecule has 12 heavy (non-hydrogen) atoms. The van der Waals surface area contributed by atoms with Gasteiger partial charge in [-0.1, -0.05) is 0 Å². The number of ether oxygens (including phenoxy) is 1. The number of nitrogens with zero attached hydrogens (tertiary/aromatic N) is 3. The minimum Gasteiger partial charge on any atom is -0.495 e. The lowest BCUT2D eigenvalue weighted by molar-refractivity contribution is 0.413. The van der Waals surface area contributed by atoms with Crippen molar-refractivity contribution in [2.24, 2.45) is 7.05 Å². The number of aryl methyl sites for hydroxylation is 1. The highest BCUT2D eigenvalue weighted by Crippen LogP contribution is 2.16. The molecule has 0 saturated carbocycles. The van der Waals surface area contributed by atoms with Gasteiger partial charge >= 0.3 is 0 Å². The van der Waals surface area contributed by atoms with Gasteiger partial charge in [0.15, 0.2) is 0 Å². The molecule has 0 fully saturated rings. The maximum absolute atomic E-state index is 5.04. The van der Waals surface area contributed by atoms with Crippen molar-refractivity contribution in [2.45, 2.75) is 0 Å². The van der Waals surface area contributed by atoms with Crippen molar-refractivity contribution in [3.63, 3.8) is 0 Å². The summed E-state index contributed by atoms with van der Waals surface area (Å²) in [6.45, 7) is 0. The second kappa shape index (κ2) is 2.48. The van der Waals surface area contributed by atoms with Crippen molar-refractivity contribution in [1.82, 2.24) is 14.8 Å². The van der Waals surface area contributed by atoms with E-state index in [2.05, 4.69) is 10.1 Å². The van der Waals surface area contributed by atoms with Gasteiger partial charge in [-0.05, 0) is 0 Å². The quantitative estimate of drug-likeness (QED) is 0.629. The molecule has 0 aromatic carbocycles. The highest BCUT2D eigenvalue weighted by molar-refractivity contribution is 5.75. The Hall–Kier alpha value is -1.58. The van der Waals surface area contributed by atoms with Gasteiger partial charge in [0.2, 0.25) is 0 Å². The minimum atomic E-state index is 0.756. The van der Waals surface area contributed by atoms with E-state index in [1.165, 1.54) is 0 Å². The molecule has 0 unspecified atom stereocenters. The topological polar surface area (TPSA) is 39.9 Å². The molecule has 62 valence electrons. The summed E-state index contributed by atoms with van der Waals surface area (Å²) < 4.78 is 6.81. The van der Waals surface area contributed by atoms with Crippen molar-refractivity contribution in [2.75, 3.05) is 7.11 Å². The van der Waals surface area contributed by atoms with Gasteiger partial charge < -0.3 is 4.74 Å². The Kier molecular flexibility index (Phi) is 1.46. The monoisotopic (exact) mass is 163 g/mol. The van der Waals surface area contributed by atoms with Crippen molar-refractivity contribution < 1.29 is 4.74 Å². The van der Waals surface area contributed by atoms with Gasteiger partial charge in [0.1, 0.15) is 11.3 Å². The lowest BCUT2D eigenvalue weighted by Crippen LogP contribution is -1.90. The van der Waals surface area contributed by atoms with Gasteiger partial charge in [-0.25, -0.2) is 4.98 Å². The van der Waals surface area contributed by atoms with Crippen LogP contribution >= 0.6 is 0 Å². The zero-order valence-corrected chi connectivity index (χ0v) is 6.98. The van der Waals surface area contributed by atoms with Gasteiger partial charge in [-0.15, -0.1) is 0 Å².